The van der Waals surface area contributed by atoms with Gasteiger partial charge in [-0.3, -0.25) is 0 Å². The first-order valence-corrected chi connectivity index (χ1v) is 9.70. The Morgan fingerprint density at radius 2 is 1.37 bits per heavy atom. The lowest BCUT2D eigenvalue weighted by molar-refractivity contribution is 0.669. The van der Waals surface area contributed by atoms with Crippen LogP contribution >= 0.6 is 15.9 Å². The summed E-state index contributed by atoms with van der Waals surface area (Å²) in [6.45, 7) is 0. The van der Waals surface area contributed by atoms with E-state index >= 15 is 0 Å². The van der Waals surface area contributed by atoms with Crippen LogP contribution in [0.1, 0.15) is 0 Å². The van der Waals surface area contributed by atoms with Crippen molar-refractivity contribution in [3.8, 4) is 5.69 Å². The molecule has 0 saturated carbocycles. The fraction of sp³-hybridized carbons (Fsp3) is 0. The molecule has 6 aromatic rings. The topological polar surface area (TPSA) is 18.1 Å². The van der Waals surface area contributed by atoms with Gasteiger partial charge in [-0.25, -0.2) is 0 Å². The number of hydrogen-bond donors (Lipinski definition) is 0. The van der Waals surface area contributed by atoms with E-state index in [1.807, 2.05) is 18.2 Å². The Hall–Kier alpha value is -3.04. The lowest BCUT2D eigenvalue weighted by Gasteiger charge is -2.10. The van der Waals surface area contributed by atoms with Gasteiger partial charge in [0, 0.05) is 20.6 Å². The summed E-state index contributed by atoms with van der Waals surface area (Å²) in [6.07, 6.45) is 0. The molecule has 0 radical (unpaired) electrons. The van der Waals surface area contributed by atoms with Crippen molar-refractivity contribution in [1.29, 1.82) is 0 Å². The number of halogens is 1. The summed E-state index contributed by atoms with van der Waals surface area (Å²) in [6, 6.07) is 29.5. The molecule has 3 heteroatoms. The second-order valence-corrected chi connectivity index (χ2v) is 7.59. The van der Waals surface area contributed by atoms with Gasteiger partial charge in [0.05, 0.1) is 22.1 Å². The minimum atomic E-state index is 0.916. The second kappa shape index (κ2) is 5.48. The number of hydrogen-bond acceptors (Lipinski definition) is 1. The summed E-state index contributed by atoms with van der Waals surface area (Å²) in [7, 11) is 0. The van der Waals surface area contributed by atoms with Gasteiger partial charge in [0.15, 0.2) is 0 Å². The molecule has 128 valence electrons. The van der Waals surface area contributed by atoms with Gasteiger partial charge < -0.3 is 8.98 Å². The van der Waals surface area contributed by atoms with Crippen LogP contribution in [0.5, 0.6) is 0 Å². The quantitative estimate of drug-likeness (QED) is 0.274. The molecule has 2 aromatic heterocycles. The molecule has 0 unspecified atom stereocenters. The molecule has 2 heterocycles. The SMILES string of the molecule is Brc1ccccc1-n1c2ccccc2c2ccc3oc4ccccc4c3c21. The third-order valence-corrected chi connectivity index (χ3v) is 5.94. The maximum Gasteiger partial charge on any atom is 0.137 e. The first kappa shape index (κ1) is 15.1. The molecule has 0 amide bonds. The Kier molecular flexibility index (Phi) is 3.06. The number of benzene rings is 4. The van der Waals surface area contributed by atoms with Crippen LogP contribution in [0.2, 0.25) is 0 Å². The molecule has 2 nitrogen and oxygen atoms in total. The smallest absolute Gasteiger partial charge is 0.137 e. The minimum Gasteiger partial charge on any atom is -0.456 e. The lowest BCUT2D eigenvalue weighted by Crippen LogP contribution is -1.95. The van der Waals surface area contributed by atoms with Crippen LogP contribution in [0.4, 0.5) is 0 Å². The van der Waals surface area contributed by atoms with Crippen LogP contribution in [-0.4, -0.2) is 4.57 Å². The first-order valence-electron chi connectivity index (χ1n) is 8.91. The summed E-state index contributed by atoms with van der Waals surface area (Å²) in [4.78, 5) is 0. The molecule has 0 aliphatic heterocycles. The summed E-state index contributed by atoms with van der Waals surface area (Å²) < 4.78 is 9.57. The minimum absolute atomic E-state index is 0.916. The molecule has 0 aliphatic carbocycles. The lowest BCUT2D eigenvalue weighted by atomic mass is 10.1. The summed E-state index contributed by atoms with van der Waals surface area (Å²) in [5.41, 5.74) is 5.34. The first-order chi connectivity index (χ1) is 13.3. The third-order valence-electron chi connectivity index (χ3n) is 5.27. The summed E-state index contributed by atoms with van der Waals surface area (Å²) >= 11 is 3.75. The van der Waals surface area contributed by atoms with Crippen molar-refractivity contribution in [3.05, 3.63) is 89.4 Å². The van der Waals surface area contributed by atoms with Crippen molar-refractivity contribution in [2.45, 2.75) is 0 Å². The fourth-order valence-electron chi connectivity index (χ4n) is 4.15. The van der Waals surface area contributed by atoms with Crippen LogP contribution in [0.25, 0.3) is 49.4 Å². The number of nitrogens with zero attached hydrogens (tertiary/aromatic N) is 1. The zero-order valence-corrected chi connectivity index (χ0v) is 15.9. The van der Waals surface area contributed by atoms with Gasteiger partial charge in [-0.1, -0.05) is 48.5 Å². The highest BCUT2D eigenvalue weighted by atomic mass is 79.9. The van der Waals surface area contributed by atoms with Gasteiger partial charge in [-0.05, 0) is 52.3 Å². The Morgan fingerprint density at radius 1 is 0.630 bits per heavy atom. The average Bonchev–Trinajstić information content (AvgIpc) is 3.24. The number of furan rings is 1. The highest BCUT2D eigenvalue weighted by Crippen LogP contribution is 2.41. The second-order valence-electron chi connectivity index (χ2n) is 6.74. The van der Waals surface area contributed by atoms with Crippen molar-refractivity contribution < 1.29 is 4.42 Å². The van der Waals surface area contributed by atoms with E-state index in [-0.39, 0.29) is 0 Å². The van der Waals surface area contributed by atoms with E-state index < -0.39 is 0 Å². The van der Waals surface area contributed by atoms with E-state index in [2.05, 4.69) is 87.2 Å². The molecule has 0 bridgehead atoms. The molecule has 0 atom stereocenters. The van der Waals surface area contributed by atoms with Crippen molar-refractivity contribution in [1.82, 2.24) is 4.57 Å². The predicted molar refractivity (Wildman–Crippen MR) is 116 cm³/mol. The monoisotopic (exact) mass is 411 g/mol. The van der Waals surface area contributed by atoms with Gasteiger partial charge in [0.1, 0.15) is 11.2 Å². The number of fused-ring (bicyclic) bond motifs is 7. The van der Waals surface area contributed by atoms with Crippen LogP contribution in [0.3, 0.4) is 0 Å². The van der Waals surface area contributed by atoms with Crippen molar-refractivity contribution >= 4 is 59.7 Å². The molecule has 0 N–H and O–H groups in total. The van der Waals surface area contributed by atoms with Gasteiger partial charge >= 0.3 is 0 Å². The maximum atomic E-state index is 6.15. The Bertz CT molecular complexity index is 1490. The van der Waals surface area contributed by atoms with E-state index in [9.17, 15) is 0 Å². The molecule has 0 spiro atoms. The molecule has 0 fully saturated rings. The molecular weight excluding hydrogens is 398 g/mol. The van der Waals surface area contributed by atoms with Gasteiger partial charge in [-0.2, -0.15) is 0 Å². The summed E-state index contributed by atoms with van der Waals surface area (Å²) in [5.74, 6) is 0. The van der Waals surface area contributed by atoms with Crippen LogP contribution < -0.4 is 0 Å². The predicted octanol–water partition coefficient (Wildman–Crippen LogP) is 7.45. The van der Waals surface area contributed by atoms with E-state index in [1.54, 1.807) is 0 Å². The van der Waals surface area contributed by atoms with Crippen LogP contribution in [0.15, 0.2) is 93.8 Å². The van der Waals surface area contributed by atoms with Crippen LogP contribution in [-0.2, 0) is 0 Å². The Balaban J connectivity index is 1.96. The highest BCUT2D eigenvalue weighted by Gasteiger charge is 2.19. The van der Waals surface area contributed by atoms with E-state index in [0.717, 1.165) is 32.1 Å². The van der Waals surface area contributed by atoms with Crippen molar-refractivity contribution in [3.63, 3.8) is 0 Å². The number of aromatic nitrogens is 1. The van der Waals surface area contributed by atoms with Crippen molar-refractivity contribution in [2.24, 2.45) is 0 Å². The normalized spacial score (nSPS) is 11.9. The van der Waals surface area contributed by atoms with Crippen molar-refractivity contribution in [2.75, 3.05) is 0 Å². The highest BCUT2D eigenvalue weighted by molar-refractivity contribution is 9.10. The van der Waals surface area contributed by atoms with Gasteiger partial charge in [0.2, 0.25) is 0 Å². The third kappa shape index (κ3) is 2.00. The van der Waals surface area contributed by atoms with E-state index in [0.29, 0.717) is 0 Å². The Morgan fingerprint density at radius 3 is 2.26 bits per heavy atom. The molecule has 6 rings (SSSR count). The van der Waals surface area contributed by atoms with Gasteiger partial charge in [-0.15, -0.1) is 0 Å². The molecule has 27 heavy (non-hydrogen) atoms. The number of para-hydroxylation sites is 3. The molecule has 0 saturated heterocycles. The molecule has 4 aromatic carbocycles. The van der Waals surface area contributed by atoms with E-state index in [4.69, 9.17) is 4.42 Å². The molecular formula is C24H14BrNO. The molecule has 0 aliphatic rings. The fourth-order valence-corrected chi connectivity index (χ4v) is 4.61. The average molecular weight is 412 g/mol. The zero-order chi connectivity index (χ0) is 18.0. The largest absolute Gasteiger partial charge is 0.456 e. The van der Waals surface area contributed by atoms with E-state index in [1.165, 1.54) is 21.8 Å². The number of rotatable bonds is 1. The Labute approximate surface area is 163 Å². The van der Waals surface area contributed by atoms with Crippen LogP contribution in [0, 0.1) is 0 Å². The standard InChI is InChI=1S/C24H14BrNO/c25-18-9-3-5-11-20(18)26-19-10-4-1-7-15(19)16-13-14-22-23(24(16)26)17-8-2-6-12-21(17)27-22/h1-14H. The zero-order valence-electron chi connectivity index (χ0n) is 14.3. The summed E-state index contributed by atoms with van der Waals surface area (Å²) in [5, 5.41) is 4.79. The van der Waals surface area contributed by atoms with Gasteiger partial charge in [0.25, 0.3) is 0 Å². The maximum absolute atomic E-state index is 6.15.